The first-order valence-corrected chi connectivity index (χ1v) is 7.48. The van der Waals surface area contributed by atoms with E-state index < -0.39 is 0 Å². The molecule has 0 atom stereocenters. The molecule has 2 aromatic rings. The minimum atomic E-state index is 0.624. The van der Waals surface area contributed by atoms with Crippen LogP contribution in [0.25, 0.3) is 11.1 Å². The number of rotatable bonds is 2. The molecule has 0 saturated carbocycles. The molecule has 1 aliphatic rings. The summed E-state index contributed by atoms with van der Waals surface area (Å²) in [5.74, 6) is 0.624. The lowest BCUT2D eigenvalue weighted by molar-refractivity contribution is 0.440. The Kier molecular flexibility index (Phi) is 3.62. The van der Waals surface area contributed by atoms with Gasteiger partial charge in [0, 0.05) is 24.2 Å². The van der Waals surface area contributed by atoms with Crippen molar-refractivity contribution >= 4 is 0 Å². The summed E-state index contributed by atoms with van der Waals surface area (Å²) in [6, 6.07) is 8.83. The van der Waals surface area contributed by atoms with Crippen molar-refractivity contribution in [2.45, 2.75) is 32.6 Å². The molecule has 0 radical (unpaired) electrons. The molecule has 0 spiro atoms. The van der Waals surface area contributed by atoms with Gasteiger partial charge in [-0.1, -0.05) is 29.8 Å². The zero-order valence-corrected chi connectivity index (χ0v) is 12.6. The molecule has 1 aliphatic heterocycles. The van der Waals surface area contributed by atoms with Crippen LogP contribution >= 0.6 is 0 Å². The summed E-state index contributed by atoms with van der Waals surface area (Å²) in [5.41, 5.74) is 6.51. The Bertz CT molecular complexity index is 589. The Morgan fingerprint density at radius 1 is 1.10 bits per heavy atom. The third-order valence-electron chi connectivity index (χ3n) is 4.33. The van der Waals surface area contributed by atoms with Crippen molar-refractivity contribution in [1.82, 2.24) is 15.1 Å². The number of aryl methyl sites for hydroxylation is 3. The zero-order chi connectivity index (χ0) is 14.1. The van der Waals surface area contributed by atoms with E-state index >= 15 is 0 Å². The first-order valence-electron chi connectivity index (χ1n) is 7.48. The van der Waals surface area contributed by atoms with Crippen LogP contribution < -0.4 is 5.32 Å². The highest BCUT2D eigenvalue weighted by atomic mass is 15.3. The molecule has 1 N–H and O–H groups in total. The Morgan fingerprint density at radius 3 is 2.40 bits per heavy atom. The first-order chi connectivity index (χ1) is 9.66. The quantitative estimate of drug-likeness (QED) is 0.907. The van der Waals surface area contributed by atoms with Crippen LogP contribution in [0.3, 0.4) is 0 Å². The van der Waals surface area contributed by atoms with E-state index in [1.807, 2.05) is 0 Å². The third-order valence-corrected chi connectivity index (χ3v) is 4.33. The van der Waals surface area contributed by atoms with E-state index in [4.69, 9.17) is 0 Å². The number of nitrogens with zero attached hydrogens (tertiary/aromatic N) is 2. The molecule has 0 bridgehead atoms. The first kappa shape index (κ1) is 13.4. The van der Waals surface area contributed by atoms with Gasteiger partial charge in [0.05, 0.1) is 5.69 Å². The van der Waals surface area contributed by atoms with Crippen molar-refractivity contribution in [2.75, 3.05) is 13.1 Å². The highest BCUT2D eigenvalue weighted by molar-refractivity contribution is 5.69. The number of piperidine rings is 1. The van der Waals surface area contributed by atoms with Crippen LogP contribution in [-0.2, 0) is 7.05 Å². The predicted octanol–water partition coefficient (Wildman–Crippen LogP) is 3.17. The highest BCUT2D eigenvalue weighted by Crippen LogP contribution is 2.35. The molecule has 1 aromatic heterocycles. The minimum Gasteiger partial charge on any atom is -0.317 e. The summed E-state index contributed by atoms with van der Waals surface area (Å²) >= 11 is 0. The van der Waals surface area contributed by atoms with Crippen LogP contribution in [0.1, 0.15) is 35.7 Å². The molecule has 106 valence electrons. The smallest absolute Gasteiger partial charge is 0.0675 e. The second-order valence-electron chi connectivity index (χ2n) is 5.86. The fourth-order valence-electron chi connectivity index (χ4n) is 3.32. The van der Waals surface area contributed by atoms with Crippen molar-refractivity contribution in [3.8, 4) is 11.1 Å². The van der Waals surface area contributed by atoms with E-state index in [-0.39, 0.29) is 0 Å². The summed E-state index contributed by atoms with van der Waals surface area (Å²) in [7, 11) is 2.09. The monoisotopic (exact) mass is 269 g/mol. The lowest BCUT2D eigenvalue weighted by atomic mass is 9.89. The van der Waals surface area contributed by atoms with Gasteiger partial charge < -0.3 is 5.32 Å². The van der Waals surface area contributed by atoms with Gasteiger partial charge in [0.2, 0.25) is 0 Å². The van der Waals surface area contributed by atoms with E-state index in [0.29, 0.717) is 5.92 Å². The number of nitrogens with one attached hydrogen (secondary N) is 1. The zero-order valence-electron chi connectivity index (χ0n) is 12.6. The van der Waals surface area contributed by atoms with Gasteiger partial charge in [-0.2, -0.15) is 5.10 Å². The summed E-state index contributed by atoms with van der Waals surface area (Å²) < 4.78 is 2.10. The van der Waals surface area contributed by atoms with Crippen LogP contribution in [0.5, 0.6) is 0 Å². The van der Waals surface area contributed by atoms with Gasteiger partial charge in [-0.15, -0.1) is 0 Å². The minimum absolute atomic E-state index is 0.624. The molecule has 1 aromatic carbocycles. The van der Waals surface area contributed by atoms with Gasteiger partial charge in [-0.3, -0.25) is 4.68 Å². The Balaban J connectivity index is 2.07. The fourth-order valence-corrected chi connectivity index (χ4v) is 3.32. The average molecular weight is 269 g/mol. The molecule has 0 amide bonds. The van der Waals surface area contributed by atoms with Gasteiger partial charge >= 0.3 is 0 Å². The predicted molar refractivity (Wildman–Crippen MR) is 83.0 cm³/mol. The SMILES string of the molecule is Cc1ccc(-c2c(C)nn(C)c2C2CCNCC2)cc1. The molecule has 1 fully saturated rings. The molecule has 3 heteroatoms. The maximum atomic E-state index is 4.68. The Morgan fingerprint density at radius 2 is 1.75 bits per heavy atom. The molecule has 3 nitrogen and oxygen atoms in total. The Hall–Kier alpha value is -1.61. The van der Waals surface area contributed by atoms with Gasteiger partial charge in [0.1, 0.15) is 0 Å². The molecule has 20 heavy (non-hydrogen) atoms. The topological polar surface area (TPSA) is 29.9 Å². The largest absolute Gasteiger partial charge is 0.317 e. The molecule has 3 rings (SSSR count). The van der Waals surface area contributed by atoms with E-state index in [9.17, 15) is 0 Å². The molecular weight excluding hydrogens is 246 g/mol. The molecule has 0 aliphatic carbocycles. The molecule has 0 unspecified atom stereocenters. The number of benzene rings is 1. The maximum Gasteiger partial charge on any atom is 0.0675 e. The van der Waals surface area contributed by atoms with Crippen molar-refractivity contribution in [2.24, 2.45) is 7.05 Å². The van der Waals surface area contributed by atoms with Crippen LogP contribution in [0, 0.1) is 13.8 Å². The molecule has 1 saturated heterocycles. The summed E-state index contributed by atoms with van der Waals surface area (Å²) in [6.07, 6.45) is 2.41. The number of aromatic nitrogens is 2. The number of hydrogen-bond acceptors (Lipinski definition) is 2. The number of hydrogen-bond donors (Lipinski definition) is 1. The lowest BCUT2D eigenvalue weighted by Crippen LogP contribution is -2.27. The standard InChI is InChI=1S/C17H23N3/c1-12-4-6-14(7-5-12)16-13(2)19-20(3)17(16)15-8-10-18-11-9-15/h4-7,15,18H,8-11H2,1-3H3. The third kappa shape index (κ3) is 2.38. The lowest BCUT2D eigenvalue weighted by Gasteiger charge is -2.24. The van der Waals surface area contributed by atoms with Crippen molar-refractivity contribution in [3.05, 3.63) is 41.2 Å². The van der Waals surface area contributed by atoms with Gasteiger partial charge in [0.25, 0.3) is 0 Å². The molecule has 2 heterocycles. The fraction of sp³-hybridized carbons (Fsp3) is 0.471. The Labute approximate surface area is 121 Å². The van der Waals surface area contributed by atoms with Crippen LogP contribution in [0.2, 0.25) is 0 Å². The van der Waals surface area contributed by atoms with Crippen LogP contribution in [-0.4, -0.2) is 22.9 Å². The average Bonchev–Trinajstić information content (AvgIpc) is 2.75. The maximum absolute atomic E-state index is 4.68. The van der Waals surface area contributed by atoms with Crippen molar-refractivity contribution < 1.29 is 0 Å². The van der Waals surface area contributed by atoms with E-state index in [2.05, 4.69) is 60.3 Å². The van der Waals surface area contributed by atoms with Crippen molar-refractivity contribution in [1.29, 1.82) is 0 Å². The van der Waals surface area contributed by atoms with Gasteiger partial charge in [-0.25, -0.2) is 0 Å². The summed E-state index contributed by atoms with van der Waals surface area (Å²) in [6.45, 7) is 6.48. The van der Waals surface area contributed by atoms with E-state index in [1.54, 1.807) is 0 Å². The normalized spacial score (nSPS) is 16.6. The highest BCUT2D eigenvalue weighted by Gasteiger charge is 2.24. The second-order valence-corrected chi connectivity index (χ2v) is 5.86. The summed E-state index contributed by atoms with van der Waals surface area (Å²) in [4.78, 5) is 0. The molecular formula is C17H23N3. The van der Waals surface area contributed by atoms with Crippen LogP contribution in [0.15, 0.2) is 24.3 Å². The van der Waals surface area contributed by atoms with Gasteiger partial charge in [-0.05, 0) is 45.3 Å². The van der Waals surface area contributed by atoms with Crippen LogP contribution in [0.4, 0.5) is 0 Å². The second kappa shape index (κ2) is 5.41. The van der Waals surface area contributed by atoms with Crippen molar-refractivity contribution in [3.63, 3.8) is 0 Å². The summed E-state index contributed by atoms with van der Waals surface area (Å²) in [5, 5.41) is 8.13. The van der Waals surface area contributed by atoms with E-state index in [0.717, 1.165) is 18.8 Å². The van der Waals surface area contributed by atoms with E-state index in [1.165, 1.54) is 35.2 Å². The van der Waals surface area contributed by atoms with Gasteiger partial charge in [0.15, 0.2) is 0 Å².